The summed E-state index contributed by atoms with van der Waals surface area (Å²) in [5.74, 6) is 0.319. The molecule has 18 heavy (non-hydrogen) atoms. The first-order valence-corrected chi connectivity index (χ1v) is 7.16. The van der Waals surface area contributed by atoms with E-state index in [9.17, 15) is 17.2 Å². The van der Waals surface area contributed by atoms with Crippen LogP contribution in [0.15, 0.2) is 12.1 Å². The van der Waals surface area contributed by atoms with Gasteiger partial charge in [-0.2, -0.15) is 0 Å². The first-order chi connectivity index (χ1) is 8.43. The molecule has 1 aliphatic rings. The highest BCUT2D eigenvalue weighted by atomic mass is 32.2. The molecule has 6 heteroatoms. The van der Waals surface area contributed by atoms with E-state index in [4.69, 9.17) is 6.42 Å². The summed E-state index contributed by atoms with van der Waals surface area (Å²) in [7, 11) is -3.02. The van der Waals surface area contributed by atoms with E-state index < -0.39 is 27.0 Å². The summed E-state index contributed by atoms with van der Waals surface area (Å²) >= 11 is 0. The Hall–Kier alpha value is -1.61. The second-order valence-corrected chi connectivity index (χ2v) is 6.37. The highest BCUT2D eigenvalue weighted by Gasteiger charge is 2.23. The molecule has 1 heterocycles. The Balaban J connectivity index is 2.29. The van der Waals surface area contributed by atoms with Crippen molar-refractivity contribution in [1.82, 2.24) is 0 Å². The average molecular weight is 271 g/mol. The van der Waals surface area contributed by atoms with E-state index in [-0.39, 0.29) is 24.6 Å². The van der Waals surface area contributed by atoms with Gasteiger partial charge in [0, 0.05) is 18.8 Å². The average Bonchev–Trinajstić information content (AvgIpc) is 2.28. The molecule has 0 radical (unpaired) electrons. The Kier molecular flexibility index (Phi) is 3.26. The van der Waals surface area contributed by atoms with Crippen molar-refractivity contribution in [2.75, 3.05) is 29.5 Å². The Morgan fingerprint density at radius 3 is 2.11 bits per heavy atom. The minimum absolute atomic E-state index is 0.00682. The normalized spacial score (nSPS) is 18.4. The highest BCUT2D eigenvalue weighted by Crippen LogP contribution is 2.23. The molecule has 1 aromatic carbocycles. The Labute approximate surface area is 104 Å². The van der Waals surface area contributed by atoms with E-state index in [2.05, 4.69) is 0 Å². The number of hydrogen-bond acceptors (Lipinski definition) is 3. The maximum Gasteiger partial charge on any atom is 0.153 e. The predicted octanol–water partition coefficient (Wildman–Crippen LogP) is 1.18. The summed E-state index contributed by atoms with van der Waals surface area (Å²) in [5.41, 5.74) is -0.0812. The lowest BCUT2D eigenvalue weighted by Gasteiger charge is -2.28. The van der Waals surface area contributed by atoms with E-state index >= 15 is 0 Å². The van der Waals surface area contributed by atoms with E-state index in [1.54, 1.807) is 4.90 Å². The monoisotopic (exact) mass is 271 g/mol. The van der Waals surface area contributed by atoms with Crippen molar-refractivity contribution in [2.45, 2.75) is 0 Å². The van der Waals surface area contributed by atoms with Gasteiger partial charge in [0.15, 0.2) is 9.84 Å². The van der Waals surface area contributed by atoms with Gasteiger partial charge in [0.25, 0.3) is 0 Å². The predicted molar refractivity (Wildman–Crippen MR) is 65.2 cm³/mol. The third kappa shape index (κ3) is 2.46. The largest absolute Gasteiger partial charge is 0.369 e. The van der Waals surface area contributed by atoms with Crippen LogP contribution in [0, 0.1) is 24.0 Å². The van der Waals surface area contributed by atoms with Gasteiger partial charge in [0.2, 0.25) is 0 Å². The van der Waals surface area contributed by atoms with Crippen LogP contribution in [-0.4, -0.2) is 33.0 Å². The van der Waals surface area contributed by atoms with Gasteiger partial charge >= 0.3 is 0 Å². The van der Waals surface area contributed by atoms with Crippen LogP contribution in [0.25, 0.3) is 0 Å². The molecule has 0 unspecified atom stereocenters. The van der Waals surface area contributed by atoms with Crippen LogP contribution in [-0.2, 0) is 9.84 Å². The number of sulfone groups is 1. The molecule has 2 rings (SSSR count). The van der Waals surface area contributed by atoms with Crippen LogP contribution in [0.3, 0.4) is 0 Å². The van der Waals surface area contributed by atoms with Crippen LogP contribution < -0.4 is 4.90 Å². The SMILES string of the molecule is C#Cc1c(F)cc(N2CCS(=O)(=O)CC2)cc1F. The maximum atomic E-state index is 13.5. The molecule has 0 aliphatic carbocycles. The summed E-state index contributed by atoms with van der Waals surface area (Å²) in [6, 6.07) is 2.27. The number of rotatable bonds is 1. The molecule has 0 atom stereocenters. The molecular formula is C12H11F2NO2S. The van der Waals surface area contributed by atoms with Crippen LogP contribution in [0.1, 0.15) is 5.56 Å². The minimum Gasteiger partial charge on any atom is -0.369 e. The Morgan fingerprint density at radius 2 is 1.67 bits per heavy atom. The number of halogens is 2. The van der Waals surface area contributed by atoms with E-state index in [1.807, 2.05) is 5.92 Å². The number of hydrogen-bond donors (Lipinski definition) is 0. The summed E-state index contributed by atoms with van der Waals surface area (Å²) in [4.78, 5) is 1.63. The van der Waals surface area contributed by atoms with Gasteiger partial charge < -0.3 is 4.90 Å². The van der Waals surface area contributed by atoms with Gasteiger partial charge in [-0.3, -0.25) is 0 Å². The first-order valence-electron chi connectivity index (χ1n) is 5.34. The summed E-state index contributed by atoms with van der Waals surface area (Å²) in [5, 5.41) is 0. The molecule has 0 amide bonds. The van der Waals surface area contributed by atoms with Gasteiger partial charge in [0.1, 0.15) is 11.6 Å². The minimum atomic E-state index is -3.02. The van der Waals surface area contributed by atoms with Crippen LogP contribution in [0.4, 0.5) is 14.5 Å². The zero-order valence-corrected chi connectivity index (χ0v) is 10.3. The number of anilines is 1. The fraction of sp³-hybridized carbons (Fsp3) is 0.333. The zero-order valence-electron chi connectivity index (χ0n) is 9.49. The van der Waals surface area contributed by atoms with E-state index in [1.165, 1.54) is 0 Å². The number of terminal acetylenes is 1. The lowest BCUT2D eigenvalue weighted by atomic mass is 10.1. The summed E-state index contributed by atoms with van der Waals surface area (Å²) in [6.07, 6.45) is 4.99. The maximum absolute atomic E-state index is 13.5. The third-order valence-electron chi connectivity index (χ3n) is 2.88. The summed E-state index contributed by atoms with van der Waals surface area (Å²) < 4.78 is 49.5. The fourth-order valence-electron chi connectivity index (χ4n) is 1.85. The topological polar surface area (TPSA) is 37.4 Å². The molecule has 0 N–H and O–H groups in total. The quantitative estimate of drug-likeness (QED) is 0.720. The smallest absolute Gasteiger partial charge is 0.153 e. The van der Waals surface area contributed by atoms with Crippen molar-refractivity contribution in [3.8, 4) is 12.3 Å². The van der Waals surface area contributed by atoms with E-state index in [0.29, 0.717) is 5.69 Å². The molecule has 0 saturated carbocycles. The summed E-state index contributed by atoms with van der Waals surface area (Å²) in [6.45, 7) is 0.466. The lowest BCUT2D eigenvalue weighted by molar-refractivity contribution is 0.574. The van der Waals surface area contributed by atoms with Crippen molar-refractivity contribution < 1.29 is 17.2 Å². The van der Waals surface area contributed by atoms with Gasteiger partial charge in [-0.15, -0.1) is 6.42 Å². The fourth-order valence-corrected chi connectivity index (χ4v) is 3.05. The molecule has 1 aromatic rings. The van der Waals surface area contributed by atoms with Crippen LogP contribution >= 0.6 is 0 Å². The molecule has 1 saturated heterocycles. The van der Waals surface area contributed by atoms with Gasteiger partial charge in [-0.25, -0.2) is 17.2 Å². The lowest BCUT2D eigenvalue weighted by Crippen LogP contribution is -2.40. The highest BCUT2D eigenvalue weighted by molar-refractivity contribution is 7.91. The molecule has 0 bridgehead atoms. The Morgan fingerprint density at radius 1 is 1.17 bits per heavy atom. The second-order valence-electron chi connectivity index (χ2n) is 4.07. The molecule has 0 aromatic heterocycles. The number of benzene rings is 1. The van der Waals surface area contributed by atoms with Crippen molar-refractivity contribution in [2.24, 2.45) is 0 Å². The van der Waals surface area contributed by atoms with Gasteiger partial charge in [-0.05, 0) is 12.1 Å². The first kappa shape index (κ1) is 12.8. The molecule has 96 valence electrons. The standard InChI is InChI=1S/C12H11F2NO2S/c1-2-10-11(13)7-9(8-12(10)14)15-3-5-18(16,17)6-4-15/h1,7-8H,3-6H2. The number of nitrogens with zero attached hydrogens (tertiary/aromatic N) is 1. The van der Waals surface area contributed by atoms with Crippen LogP contribution in [0.5, 0.6) is 0 Å². The van der Waals surface area contributed by atoms with E-state index in [0.717, 1.165) is 12.1 Å². The zero-order chi connectivity index (χ0) is 13.3. The van der Waals surface area contributed by atoms with Gasteiger partial charge in [-0.1, -0.05) is 5.92 Å². The van der Waals surface area contributed by atoms with Gasteiger partial charge in [0.05, 0.1) is 17.1 Å². The van der Waals surface area contributed by atoms with Crippen molar-refractivity contribution in [3.63, 3.8) is 0 Å². The molecule has 3 nitrogen and oxygen atoms in total. The van der Waals surface area contributed by atoms with Crippen molar-refractivity contribution in [1.29, 1.82) is 0 Å². The Bertz CT molecular complexity index is 582. The van der Waals surface area contributed by atoms with Crippen molar-refractivity contribution >= 4 is 15.5 Å². The molecular weight excluding hydrogens is 260 g/mol. The molecule has 1 fully saturated rings. The van der Waals surface area contributed by atoms with Crippen molar-refractivity contribution in [3.05, 3.63) is 29.3 Å². The van der Waals surface area contributed by atoms with Crippen LogP contribution in [0.2, 0.25) is 0 Å². The second kappa shape index (κ2) is 4.58. The molecule has 0 spiro atoms. The molecule has 1 aliphatic heterocycles. The third-order valence-corrected chi connectivity index (χ3v) is 4.49.